The minimum absolute atomic E-state index is 0.190. The van der Waals surface area contributed by atoms with E-state index >= 15 is 0 Å². The van der Waals surface area contributed by atoms with Crippen LogP contribution in [0.4, 0.5) is 4.39 Å². The summed E-state index contributed by atoms with van der Waals surface area (Å²) < 4.78 is 18.0. The number of hydrogen-bond acceptors (Lipinski definition) is 4. The average Bonchev–Trinajstić information content (AvgIpc) is 2.55. The molecular weight excluding hydrogens is 289 g/mol. The highest BCUT2D eigenvalue weighted by Gasteiger charge is 2.14. The van der Waals surface area contributed by atoms with Crippen LogP contribution in [0.2, 0.25) is 0 Å². The van der Waals surface area contributed by atoms with E-state index in [0.717, 1.165) is 18.7 Å². The van der Waals surface area contributed by atoms with Gasteiger partial charge < -0.3 is 15.4 Å². The number of rotatable bonds is 5. The number of hydrogen-bond donors (Lipinski definition) is 2. The standard InChI is InChI=1S/C15H20FN3O3/c16-13-3-1-12(2-4-13)11-18-15(21)14(20)17-5-6-19-7-9-22-10-8-19/h1-4H,5-11H2,(H,17,20)(H,18,21). The summed E-state index contributed by atoms with van der Waals surface area (Å²) in [6, 6.07) is 5.74. The van der Waals surface area contributed by atoms with Crippen LogP contribution in [0.3, 0.4) is 0 Å². The Kier molecular flexibility index (Phi) is 6.29. The van der Waals surface area contributed by atoms with E-state index in [1.165, 1.54) is 12.1 Å². The Labute approximate surface area is 128 Å². The van der Waals surface area contributed by atoms with Crippen molar-refractivity contribution in [1.82, 2.24) is 15.5 Å². The second kappa shape index (κ2) is 8.45. The van der Waals surface area contributed by atoms with Gasteiger partial charge in [0.25, 0.3) is 0 Å². The molecule has 7 heteroatoms. The van der Waals surface area contributed by atoms with Crippen LogP contribution in [0.25, 0.3) is 0 Å². The molecule has 1 fully saturated rings. The molecule has 1 heterocycles. The number of carbonyl (C=O) groups excluding carboxylic acids is 2. The van der Waals surface area contributed by atoms with Crippen LogP contribution in [-0.2, 0) is 20.9 Å². The number of nitrogens with one attached hydrogen (secondary N) is 2. The van der Waals surface area contributed by atoms with Gasteiger partial charge in [0.2, 0.25) is 0 Å². The fourth-order valence-electron chi connectivity index (χ4n) is 2.10. The molecule has 2 N–H and O–H groups in total. The first kappa shape index (κ1) is 16.4. The van der Waals surface area contributed by atoms with E-state index in [2.05, 4.69) is 15.5 Å². The Morgan fingerprint density at radius 3 is 2.41 bits per heavy atom. The first-order valence-electron chi connectivity index (χ1n) is 7.26. The van der Waals surface area contributed by atoms with E-state index in [4.69, 9.17) is 4.74 Å². The van der Waals surface area contributed by atoms with Crippen LogP contribution in [0.5, 0.6) is 0 Å². The van der Waals surface area contributed by atoms with E-state index in [0.29, 0.717) is 26.3 Å². The third kappa shape index (κ3) is 5.42. The fraction of sp³-hybridized carbons (Fsp3) is 0.467. The van der Waals surface area contributed by atoms with E-state index in [1.807, 2.05) is 0 Å². The molecule has 1 saturated heterocycles. The molecule has 1 aliphatic heterocycles. The van der Waals surface area contributed by atoms with Crippen molar-refractivity contribution in [3.63, 3.8) is 0 Å². The molecular formula is C15H20FN3O3. The van der Waals surface area contributed by atoms with Crippen LogP contribution in [0.15, 0.2) is 24.3 Å². The molecule has 2 rings (SSSR count). The summed E-state index contributed by atoms with van der Waals surface area (Å²) in [6.07, 6.45) is 0. The molecule has 6 nitrogen and oxygen atoms in total. The lowest BCUT2D eigenvalue weighted by atomic mass is 10.2. The zero-order valence-corrected chi connectivity index (χ0v) is 12.3. The highest BCUT2D eigenvalue weighted by atomic mass is 19.1. The molecule has 2 amide bonds. The normalized spacial score (nSPS) is 15.3. The molecule has 1 aromatic carbocycles. The molecule has 120 valence electrons. The molecule has 0 atom stereocenters. The smallest absolute Gasteiger partial charge is 0.309 e. The van der Waals surface area contributed by atoms with Crippen molar-refractivity contribution in [2.45, 2.75) is 6.54 Å². The van der Waals surface area contributed by atoms with Gasteiger partial charge in [0.1, 0.15) is 5.82 Å². The van der Waals surface area contributed by atoms with Gasteiger partial charge in [-0.1, -0.05) is 12.1 Å². The Morgan fingerprint density at radius 1 is 1.09 bits per heavy atom. The quantitative estimate of drug-likeness (QED) is 0.745. The average molecular weight is 309 g/mol. The molecule has 0 spiro atoms. The minimum Gasteiger partial charge on any atom is -0.379 e. The van der Waals surface area contributed by atoms with Crippen LogP contribution in [-0.4, -0.2) is 56.1 Å². The number of carbonyl (C=O) groups is 2. The molecule has 22 heavy (non-hydrogen) atoms. The summed E-state index contributed by atoms with van der Waals surface area (Å²) in [5.41, 5.74) is 0.732. The number of ether oxygens (including phenoxy) is 1. The topological polar surface area (TPSA) is 70.7 Å². The maximum atomic E-state index is 12.7. The van der Waals surface area contributed by atoms with Gasteiger partial charge in [0, 0.05) is 32.7 Å². The Hall–Kier alpha value is -1.99. The third-order valence-corrected chi connectivity index (χ3v) is 3.39. The molecule has 0 aromatic heterocycles. The maximum Gasteiger partial charge on any atom is 0.309 e. The first-order valence-corrected chi connectivity index (χ1v) is 7.26. The van der Waals surface area contributed by atoms with Gasteiger partial charge in [-0.15, -0.1) is 0 Å². The highest BCUT2D eigenvalue weighted by molar-refractivity contribution is 6.35. The molecule has 0 aliphatic carbocycles. The Bertz CT molecular complexity index is 501. The molecule has 0 unspecified atom stereocenters. The monoisotopic (exact) mass is 309 g/mol. The van der Waals surface area contributed by atoms with Crippen LogP contribution in [0, 0.1) is 5.82 Å². The predicted octanol–water partition coefficient (Wildman–Crippen LogP) is -0.110. The van der Waals surface area contributed by atoms with E-state index < -0.39 is 11.8 Å². The first-order chi connectivity index (χ1) is 10.6. The Morgan fingerprint density at radius 2 is 1.73 bits per heavy atom. The van der Waals surface area contributed by atoms with E-state index in [1.54, 1.807) is 12.1 Å². The number of morpholine rings is 1. The number of nitrogens with zero attached hydrogens (tertiary/aromatic N) is 1. The third-order valence-electron chi connectivity index (χ3n) is 3.39. The lowest BCUT2D eigenvalue weighted by Crippen LogP contribution is -2.44. The summed E-state index contributed by atoms with van der Waals surface area (Å²) in [7, 11) is 0. The summed E-state index contributed by atoms with van der Waals surface area (Å²) >= 11 is 0. The van der Waals surface area contributed by atoms with Gasteiger partial charge in [0.05, 0.1) is 13.2 Å². The highest BCUT2D eigenvalue weighted by Crippen LogP contribution is 2.01. The predicted molar refractivity (Wildman–Crippen MR) is 78.5 cm³/mol. The van der Waals surface area contributed by atoms with E-state index in [-0.39, 0.29) is 12.4 Å². The second-order valence-corrected chi connectivity index (χ2v) is 5.02. The van der Waals surface area contributed by atoms with Crippen molar-refractivity contribution in [3.05, 3.63) is 35.6 Å². The summed E-state index contributed by atoms with van der Waals surface area (Å²) in [5.74, 6) is -1.68. The molecule has 0 bridgehead atoms. The van der Waals surface area contributed by atoms with Crippen molar-refractivity contribution in [2.24, 2.45) is 0 Å². The SMILES string of the molecule is O=C(NCCN1CCOCC1)C(=O)NCc1ccc(F)cc1. The Balaban J connectivity index is 1.63. The fourth-order valence-corrected chi connectivity index (χ4v) is 2.10. The van der Waals surface area contributed by atoms with E-state index in [9.17, 15) is 14.0 Å². The van der Waals surface area contributed by atoms with Crippen molar-refractivity contribution >= 4 is 11.8 Å². The van der Waals surface area contributed by atoms with Gasteiger partial charge in [-0.05, 0) is 17.7 Å². The van der Waals surface area contributed by atoms with Crippen LogP contribution < -0.4 is 10.6 Å². The van der Waals surface area contributed by atoms with Gasteiger partial charge >= 0.3 is 11.8 Å². The summed E-state index contributed by atoms with van der Waals surface area (Å²) in [6.45, 7) is 4.39. The molecule has 0 radical (unpaired) electrons. The zero-order valence-electron chi connectivity index (χ0n) is 12.3. The maximum absolute atomic E-state index is 12.7. The molecule has 0 saturated carbocycles. The number of benzene rings is 1. The lowest BCUT2D eigenvalue weighted by molar-refractivity contribution is -0.139. The van der Waals surface area contributed by atoms with Gasteiger partial charge in [-0.25, -0.2) is 4.39 Å². The van der Waals surface area contributed by atoms with Crippen molar-refractivity contribution in [2.75, 3.05) is 39.4 Å². The van der Waals surface area contributed by atoms with Crippen molar-refractivity contribution in [1.29, 1.82) is 0 Å². The van der Waals surface area contributed by atoms with Crippen LogP contribution >= 0.6 is 0 Å². The number of halogens is 1. The van der Waals surface area contributed by atoms with Gasteiger partial charge in [-0.2, -0.15) is 0 Å². The zero-order chi connectivity index (χ0) is 15.8. The molecule has 1 aliphatic rings. The van der Waals surface area contributed by atoms with Crippen molar-refractivity contribution < 1.29 is 18.7 Å². The van der Waals surface area contributed by atoms with Crippen molar-refractivity contribution in [3.8, 4) is 0 Å². The molecule has 1 aromatic rings. The van der Waals surface area contributed by atoms with Crippen LogP contribution in [0.1, 0.15) is 5.56 Å². The number of amides is 2. The summed E-state index contributed by atoms with van der Waals surface area (Å²) in [5, 5.41) is 5.08. The summed E-state index contributed by atoms with van der Waals surface area (Å²) in [4.78, 5) is 25.4. The largest absolute Gasteiger partial charge is 0.379 e. The second-order valence-electron chi connectivity index (χ2n) is 5.02. The minimum atomic E-state index is -0.689. The lowest BCUT2D eigenvalue weighted by Gasteiger charge is -2.26. The van der Waals surface area contributed by atoms with Gasteiger partial charge in [0.15, 0.2) is 0 Å². The van der Waals surface area contributed by atoms with Gasteiger partial charge in [-0.3, -0.25) is 14.5 Å².